The first-order valence-electron chi connectivity index (χ1n) is 5.79. The summed E-state index contributed by atoms with van der Waals surface area (Å²) in [6, 6.07) is 0. The third-order valence-corrected chi connectivity index (χ3v) is 2.88. The van der Waals surface area contributed by atoms with Crippen molar-refractivity contribution in [2.24, 2.45) is 5.92 Å². The lowest BCUT2D eigenvalue weighted by Crippen LogP contribution is -2.16. The van der Waals surface area contributed by atoms with Crippen LogP contribution in [0.15, 0.2) is 0 Å². The average molecular weight is 239 g/mol. The van der Waals surface area contributed by atoms with Crippen molar-refractivity contribution in [1.82, 2.24) is 15.0 Å². The molecule has 0 radical (unpaired) electrons. The van der Waals surface area contributed by atoms with Crippen LogP contribution in [0.5, 0.6) is 0 Å². The number of hydrogen-bond donors (Lipinski definition) is 1. The van der Waals surface area contributed by atoms with Crippen LogP contribution >= 0.6 is 0 Å². The molecule has 6 heteroatoms. The lowest BCUT2D eigenvalue weighted by atomic mass is 10.1. The molecule has 1 unspecified atom stereocenters. The van der Waals surface area contributed by atoms with E-state index in [-0.39, 0.29) is 5.69 Å². The second-order valence-corrected chi connectivity index (χ2v) is 4.65. The van der Waals surface area contributed by atoms with Gasteiger partial charge in [0.25, 0.3) is 0 Å². The molecule has 1 aliphatic rings. The highest BCUT2D eigenvalue weighted by Gasteiger charge is 2.33. The Kier molecular flexibility index (Phi) is 3.42. The van der Waals surface area contributed by atoms with Crippen molar-refractivity contribution in [3.63, 3.8) is 0 Å². The quantitative estimate of drug-likeness (QED) is 0.805. The Morgan fingerprint density at radius 3 is 2.88 bits per heavy atom. The highest BCUT2D eigenvalue weighted by molar-refractivity contribution is 5.86. The fourth-order valence-electron chi connectivity index (χ4n) is 2.00. The number of carboxylic acids is 1. The Morgan fingerprint density at radius 1 is 1.65 bits per heavy atom. The van der Waals surface area contributed by atoms with Crippen molar-refractivity contribution in [3.8, 4) is 0 Å². The van der Waals surface area contributed by atoms with Crippen molar-refractivity contribution in [2.45, 2.75) is 32.2 Å². The van der Waals surface area contributed by atoms with Crippen molar-refractivity contribution in [2.75, 3.05) is 13.7 Å². The molecule has 0 saturated heterocycles. The smallest absolute Gasteiger partial charge is 0.358 e. The van der Waals surface area contributed by atoms with Crippen LogP contribution in [0.1, 0.15) is 41.9 Å². The fraction of sp³-hybridized carbons (Fsp3) is 0.727. The van der Waals surface area contributed by atoms with E-state index in [0.717, 1.165) is 18.5 Å². The molecule has 0 aromatic carbocycles. The number of methoxy groups -OCH3 is 1. The van der Waals surface area contributed by atoms with Crippen molar-refractivity contribution in [3.05, 3.63) is 11.4 Å². The lowest BCUT2D eigenvalue weighted by molar-refractivity contribution is 0.0689. The van der Waals surface area contributed by atoms with E-state index in [4.69, 9.17) is 9.84 Å². The van der Waals surface area contributed by atoms with Crippen LogP contribution in [-0.2, 0) is 11.3 Å². The Hall–Kier alpha value is -1.43. The summed E-state index contributed by atoms with van der Waals surface area (Å²) in [5, 5.41) is 16.8. The fourth-order valence-corrected chi connectivity index (χ4v) is 2.00. The summed E-state index contributed by atoms with van der Waals surface area (Å²) in [4.78, 5) is 11.0. The van der Waals surface area contributed by atoms with Crippen LogP contribution in [0.2, 0.25) is 0 Å². The first kappa shape index (κ1) is 12.0. The van der Waals surface area contributed by atoms with Gasteiger partial charge in [0.15, 0.2) is 5.69 Å². The number of hydrogen-bond acceptors (Lipinski definition) is 4. The first-order chi connectivity index (χ1) is 8.13. The standard InChI is InChI=1S/C11H17N3O3/c1-7(6-17-2)5-14-10(8-3-4-8)9(11(15)16)12-13-14/h7-8H,3-6H2,1-2H3,(H,15,16). The second-order valence-electron chi connectivity index (χ2n) is 4.65. The number of ether oxygens (including phenoxy) is 1. The van der Waals surface area contributed by atoms with Crippen LogP contribution < -0.4 is 0 Å². The number of aromatic nitrogens is 3. The highest BCUT2D eigenvalue weighted by Crippen LogP contribution is 2.41. The molecule has 1 saturated carbocycles. The van der Waals surface area contributed by atoms with Crippen molar-refractivity contribution < 1.29 is 14.6 Å². The third kappa shape index (κ3) is 2.63. The van der Waals surface area contributed by atoms with E-state index in [1.54, 1.807) is 11.8 Å². The molecule has 0 bridgehead atoms. The summed E-state index contributed by atoms with van der Waals surface area (Å²) in [5.41, 5.74) is 0.887. The zero-order valence-corrected chi connectivity index (χ0v) is 10.1. The van der Waals surface area contributed by atoms with Crippen LogP contribution in [0.4, 0.5) is 0 Å². The van der Waals surface area contributed by atoms with E-state index in [1.807, 2.05) is 6.92 Å². The number of aromatic carboxylic acids is 1. The molecule has 1 fully saturated rings. The molecule has 94 valence electrons. The summed E-state index contributed by atoms with van der Waals surface area (Å²) < 4.78 is 6.80. The van der Waals surface area contributed by atoms with Gasteiger partial charge in [0.2, 0.25) is 0 Å². The summed E-state index contributed by atoms with van der Waals surface area (Å²) in [7, 11) is 1.66. The molecule has 1 aliphatic carbocycles. The van der Waals surface area contributed by atoms with Crippen LogP contribution in [0.3, 0.4) is 0 Å². The lowest BCUT2D eigenvalue weighted by Gasteiger charge is -2.12. The van der Waals surface area contributed by atoms with E-state index in [9.17, 15) is 4.79 Å². The van der Waals surface area contributed by atoms with E-state index in [2.05, 4.69) is 10.3 Å². The maximum absolute atomic E-state index is 11.0. The van der Waals surface area contributed by atoms with E-state index in [1.165, 1.54) is 0 Å². The van der Waals surface area contributed by atoms with Crippen LogP contribution in [-0.4, -0.2) is 39.8 Å². The van der Waals surface area contributed by atoms with Gasteiger partial charge in [-0.15, -0.1) is 5.10 Å². The predicted molar refractivity (Wildman–Crippen MR) is 60.0 cm³/mol. The summed E-state index contributed by atoms with van der Waals surface area (Å²) >= 11 is 0. The molecule has 1 N–H and O–H groups in total. The third-order valence-electron chi connectivity index (χ3n) is 2.88. The van der Waals surface area contributed by atoms with Gasteiger partial charge in [-0.3, -0.25) is 0 Å². The maximum atomic E-state index is 11.0. The van der Waals surface area contributed by atoms with Gasteiger partial charge in [0, 0.05) is 19.6 Å². The molecule has 2 rings (SSSR count). The second kappa shape index (κ2) is 4.83. The average Bonchev–Trinajstić information content (AvgIpc) is 3.00. The minimum Gasteiger partial charge on any atom is -0.476 e. The van der Waals surface area contributed by atoms with Gasteiger partial charge in [-0.1, -0.05) is 12.1 Å². The van der Waals surface area contributed by atoms with Crippen LogP contribution in [0, 0.1) is 5.92 Å². The predicted octanol–water partition coefficient (Wildman–Crippen LogP) is 1.14. The first-order valence-corrected chi connectivity index (χ1v) is 5.79. The minimum atomic E-state index is -0.988. The van der Waals surface area contributed by atoms with Gasteiger partial charge in [-0.2, -0.15) is 0 Å². The number of carboxylic acid groups (broad SMARTS) is 1. The summed E-state index contributed by atoms with van der Waals surface area (Å²) in [5.74, 6) is -0.371. The molecule has 1 aromatic rings. The monoisotopic (exact) mass is 239 g/mol. The molecule has 0 aliphatic heterocycles. The normalized spacial score (nSPS) is 17.1. The van der Waals surface area contributed by atoms with Gasteiger partial charge in [-0.05, 0) is 18.8 Å². The Balaban J connectivity index is 2.19. The molecule has 0 spiro atoms. The summed E-state index contributed by atoms with van der Waals surface area (Å²) in [6.45, 7) is 3.33. The van der Waals surface area contributed by atoms with Gasteiger partial charge in [0.1, 0.15) is 0 Å². The Bertz CT molecular complexity index is 412. The maximum Gasteiger partial charge on any atom is 0.358 e. The van der Waals surface area contributed by atoms with E-state index >= 15 is 0 Å². The molecule has 1 aromatic heterocycles. The van der Waals surface area contributed by atoms with E-state index < -0.39 is 5.97 Å². The van der Waals surface area contributed by atoms with E-state index in [0.29, 0.717) is 25.0 Å². The Labute approximate surface area is 99.6 Å². The zero-order valence-electron chi connectivity index (χ0n) is 10.1. The van der Waals surface area contributed by atoms with Gasteiger partial charge >= 0.3 is 5.97 Å². The minimum absolute atomic E-state index is 0.108. The van der Waals surface area contributed by atoms with Crippen LogP contribution in [0.25, 0.3) is 0 Å². The van der Waals surface area contributed by atoms with Gasteiger partial charge < -0.3 is 9.84 Å². The van der Waals surface area contributed by atoms with Crippen molar-refractivity contribution in [1.29, 1.82) is 0 Å². The molecular formula is C11H17N3O3. The molecule has 6 nitrogen and oxygen atoms in total. The van der Waals surface area contributed by atoms with Gasteiger partial charge in [-0.25, -0.2) is 9.48 Å². The summed E-state index contributed by atoms with van der Waals surface area (Å²) in [6.07, 6.45) is 2.07. The Morgan fingerprint density at radius 2 is 2.35 bits per heavy atom. The topological polar surface area (TPSA) is 77.2 Å². The largest absolute Gasteiger partial charge is 0.476 e. The zero-order chi connectivity index (χ0) is 12.4. The van der Waals surface area contributed by atoms with Crippen molar-refractivity contribution >= 4 is 5.97 Å². The molecular weight excluding hydrogens is 222 g/mol. The molecule has 0 amide bonds. The molecule has 1 atom stereocenters. The molecule has 17 heavy (non-hydrogen) atoms. The van der Waals surface area contributed by atoms with Gasteiger partial charge in [0.05, 0.1) is 12.3 Å². The number of carbonyl (C=O) groups is 1. The molecule has 1 heterocycles. The highest BCUT2D eigenvalue weighted by atomic mass is 16.5. The number of nitrogens with zero attached hydrogens (tertiary/aromatic N) is 3. The SMILES string of the molecule is COCC(C)Cn1nnc(C(=O)O)c1C1CC1. The number of rotatable bonds is 6.